The minimum absolute atomic E-state index is 0.572. The third-order valence-corrected chi connectivity index (χ3v) is 10.7. The number of aromatic nitrogens is 3. The van der Waals surface area contributed by atoms with Gasteiger partial charge in [-0.2, -0.15) is 10.5 Å². The van der Waals surface area contributed by atoms with Gasteiger partial charge in [-0.05, 0) is 96.1 Å². The predicted octanol–water partition coefficient (Wildman–Crippen LogP) is 11.1. The van der Waals surface area contributed by atoms with Gasteiger partial charge in [-0.15, -0.1) is 11.3 Å². The molecule has 6 heteroatoms. The Morgan fingerprint density at radius 1 is 0.469 bits per heavy atom. The van der Waals surface area contributed by atoms with E-state index in [0.29, 0.717) is 11.1 Å². The third kappa shape index (κ3) is 4.06. The fourth-order valence-corrected chi connectivity index (χ4v) is 8.57. The normalized spacial score (nSPS) is 11.6. The van der Waals surface area contributed by atoms with Gasteiger partial charge >= 0.3 is 0 Å². The maximum absolute atomic E-state index is 10.2. The molecule has 4 aromatic heterocycles. The van der Waals surface area contributed by atoms with Gasteiger partial charge < -0.3 is 4.57 Å². The topological polar surface area (TPSA) is 70.3 Å². The zero-order chi connectivity index (χ0) is 32.6. The largest absolute Gasteiger partial charge is 0.309 e. The molecule has 0 saturated heterocycles. The summed E-state index contributed by atoms with van der Waals surface area (Å²) in [7, 11) is 0. The van der Waals surface area contributed by atoms with Gasteiger partial charge in [0.1, 0.15) is 5.65 Å². The summed E-state index contributed by atoms with van der Waals surface area (Å²) < 4.78 is 6.99. The van der Waals surface area contributed by atoms with E-state index in [-0.39, 0.29) is 0 Å². The van der Waals surface area contributed by atoms with Crippen LogP contribution in [0.15, 0.2) is 140 Å². The van der Waals surface area contributed by atoms with Crippen molar-refractivity contribution in [3.63, 3.8) is 0 Å². The molecule has 49 heavy (non-hydrogen) atoms. The number of rotatable bonds is 3. The van der Waals surface area contributed by atoms with Gasteiger partial charge in [-0.25, -0.2) is 4.98 Å². The third-order valence-electron chi connectivity index (χ3n) is 9.57. The lowest BCUT2D eigenvalue weighted by Crippen LogP contribution is -1.97. The standard InChI is InChI=1S/C43H23N5S/c44-24-26-14-15-39-35(19-26)32-9-1-3-12-38(32)47(39)31-18-27(25-45)17-29(21-31)28-7-5-8-30(20-28)48-40-22-37-33-10-2-4-13-41(33)49-42(37)23-36(40)34-11-6-16-46-43(34)48/h1-23H. The molecule has 0 saturated carbocycles. The SMILES string of the molecule is N#Cc1cc(-c2cccc(-n3c4cc5c(cc4c4cccnc43)sc3ccccc35)c2)cc(-n2c3ccccc3c3cc(C#N)ccc32)c1. The number of nitriles is 2. The molecule has 4 heterocycles. The highest BCUT2D eigenvalue weighted by molar-refractivity contribution is 7.25. The number of pyridine rings is 1. The number of hydrogen-bond donors (Lipinski definition) is 0. The second-order valence-corrected chi connectivity index (χ2v) is 13.4. The van der Waals surface area contributed by atoms with Crippen molar-refractivity contribution in [3.8, 4) is 34.6 Å². The molecular weight excluding hydrogens is 619 g/mol. The molecule has 0 amide bonds. The average Bonchev–Trinajstić information content (AvgIpc) is 3.80. The monoisotopic (exact) mass is 641 g/mol. The van der Waals surface area contributed by atoms with E-state index in [1.54, 1.807) is 0 Å². The van der Waals surface area contributed by atoms with Crippen LogP contribution in [-0.2, 0) is 0 Å². The van der Waals surface area contributed by atoms with Crippen LogP contribution in [0, 0.1) is 22.7 Å². The van der Waals surface area contributed by atoms with E-state index in [0.717, 1.165) is 60.9 Å². The molecule has 0 spiro atoms. The summed E-state index contributed by atoms with van der Waals surface area (Å²) in [4.78, 5) is 4.88. The van der Waals surface area contributed by atoms with E-state index in [4.69, 9.17) is 4.98 Å². The molecule has 0 fully saturated rings. The van der Waals surface area contributed by atoms with E-state index in [2.05, 4.69) is 106 Å². The van der Waals surface area contributed by atoms with Crippen molar-refractivity contribution in [2.75, 3.05) is 0 Å². The fraction of sp³-hybridized carbons (Fsp3) is 0. The first-order valence-corrected chi connectivity index (χ1v) is 16.8. The Morgan fingerprint density at radius 2 is 1.24 bits per heavy atom. The summed E-state index contributed by atoms with van der Waals surface area (Å²) in [5.41, 5.74) is 9.03. The molecule has 0 unspecified atom stereocenters. The summed E-state index contributed by atoms with van der Waals surface area (Å²) in [5.74, 6) is 0. The van der Waals surface area contributed by atoms with Crippen LogP contribution in [0.4, 0.5) is 0 Å². The minimum Gasteiger partial charge on any atom is -0.309 e. The van der Waals surface area contributed by atoms with Crippen LogP contribution < -0.4 is 0 Å². The molecule has 0 aliphatic heterocycles. The van der Waals surface area contributed by atoms with Crippen LogP contribution in [0.5, 0.6) is 0 Å². The van der Waals surface area contributed by atoms with Crippen LogP contribution in [0.3, 0.4) is 0 Å². The number of hydrogen-bond acceptors (Lipinski definition) is 4. The van der Waals surface area contributed by atoms with Gasteiger partial charge in [0, 0.05) is 59.3 Å². The molecule has 6 aromatic carbocycles. The quantitative estimate of drug-likeness (QED) is 0.193. The van der Waals surface area contributed by atoms with Gasteiger partial charge in [0.15, 0.2) is 0 Å². The van der Waals surface area contributed by atoms with Crippen LogP contribution >= 0.6 is 11.3 Å². The number of benzene rings is 6. The predicted molar refractivity (Wildman–Crippen MR) is 201 cm³/mol. The number of para-hydroxylation sites is 1. The van der Waals surface area contributed by atoms with Gasteiger partial charge in [-0.1, -0.05) is 48.5 Å². The Morgan fingerprint density at radius 3 is 2.14 bits per heavy atom. The summed E-state index contributed by atoms with van der Waals surface area (Å²) in [5, 5.41) is 26.7. The lowest BCUT2D eigenvalue weighted by molar-refractivity contribution is 1.14. The minimum atomic E-state index is 0.572. The van der Waals surface area contributed by atoms with E-state index in [1.165, 1.54) is 25.6 Å². The van der Waals surface area contributed by atoms with Crippen LogP contribution in [0.1, 0.15) is 11.1 Å². The van der Waals surface area contributed by atoms with Crippen LogP contribution in [0.25, 0.3) is 86.4 Å². The second-order valence-electron chi connectivity index (χ2n) is 12.3. The first kappa shape index (κ1) is 27.4. The van der Waals surface area contributed by atoms with Gasteiger partial charge in [0.2, 0.25) is 0 Å². The highest BCUT2D eigenvalue weighted by Crippen LogP contribution is 2.41. The summed E-state index contributed by atoms with van der Waals surface area (Å²) >= 11 is 1.82. The maximum atomic E-state index is 10.2. The molecule has 10 aromatic rings. The van der Waals surface area contributed by atoms with Crippen molar-refractivity contribution in [1.29, 1.82) is 10.5 Å². The average molecular weight is 642 g/mol. The highest BCUT2D eigenvalue weighted by atomic mass is 32.1. The van der Waals surface area contributed by atoms with E-state index in [1.807, 2.05) is 66.1 Å². The molecule has 0 aliphatic rings. The van der Waals surface area contributed by atoms with Crippen LogP contribution in [0.2, 0.25) is 0 Å². The lowest BCUT2D eigenvalue weighted by Gasteiger charge is -2.13. The second kappa shape index (κ2) is 10.4. The Bertz CT molecular complexity index is 3090. The molecule has 0 aliphatic carbocycles. The van der Waals surface area contributed by atoms with Crippen molar-refractivity contribution >= 4 is 75.3 Å². The smallest absolute Gasteiger partial charge is 0.145 e. The number of thiophene rings is 1. The Labute approximate surface area is 284 Å². The van der Waals surface area contributed by atoms with Gasteiger partial charge in [0.05, 0.1) is 39.8 Å². The zero-order valence-corrected chi connectivity index (χ0v) is 26.7. The first-order chi connectivity index (χ1) is 24.2. The highest BCUT2D eigenvalue weighted by Gasteiger charge is 2.18. The number of nitrogens with zero attached hydrogens (tertiary/aromatic N) is 5. The zero-order valence-electron chi connectivity index (χ0n) is 25.9. The summed E-state index contributed by atoms with van der Waals surface area (Å²) in [6, 6.07) is 50.6. The molecule has 5 nitrogen and oxygen atoms in total. The van der Waals surface area contributed by atoms with Crippen molar-refractivity contribution in [3.05, 3.63) is 151 Å². The Hall–Kier alpha value is -6.73. The lowest BCUT2D eigenvalue weighted by atomic mass is 10.0. The summed E-state index contributed by atoms with van der Waals surface area (Å²) in [6.45, 7) is 0. The van der Waals surface area contributed by atoms with E-state index >= 15 is 0 Å². The number of fused-ring (bicyclic) bond motifs is 9. The van der Waals surface area contributed by atoms with Crippen molar-refractivity contribution < 1.29 is 0 Å². The molecule has 226 valence electrons. The first-order valence-electron chi connectivity index (χ1n) is 16.0. The van der Waals surface area contributed by atoms with Crippen molar-refractivity contribution in [2.24, 2.45) is 0 Å². The Balaban J connectivity index is 1.20. The molecule has 0 radical (unpaired) electrons. The maximum Gasteiger partial charge on any atom is 0.145 e. The van der Waals surface area contributed by atoms with Crippen molar-refractivity contribution in [1.82, 2.24) is 14.1 Å². The fourth-order valence-electron chi connectivity index (χ4n) is 7.44. The van der Waals surface area contributed by atoms with Crippen molar-refractivity contribution in [2.45, 2.75) is 0 Å². The Kier molecular flexibility index (Phi) is 5.81. The molecule has 10 rings (SSSR count). The van der Waals surface area contributed by atoms with Gasteiger partial charge in [-0.3, -0.25) is 4.57 Å². The molecule has 0 bridgehead atoms. The molecular formula is C43H23N5S. The molecule has 0 atom stereocenters. The summed E-state index contributed by atoms with van der Waals surface area (Å²) in [6.07, 6.45) is 1.85. The molecule has 0 N–H and O–H groups in total. The van der Waals surface area contributed by atoms with E-state index < -0.39 is 0 Å². The van der Waals surface area contributed by atoms with Gasteiger partial charge in [0.25, 0.3) is 0 Å². The van der Waals surface area contributed by atoms with E-state index in [9.17, 15) is 10.5 Å². The van der Waals surface area contributed by atoms with Crippen LogP contribution in [-0.4, -0.2) is 14.1 Å².